The van der Waals surface area contributed by atoms with Gasteiger partial charge in [-0.15, -0.1) is 0 Å². The number of rotatable bonds is 2. The standard InChI is InChI=1S/C10H12BNO4/c1-13-12-4-5-16-11(12)8-2-3-9-10(6-8)15-7-14-9/h2-3,6H,4-5,7H2,1H3. The predicted molar refractivity (Wildman–Crippen MR) is 57.6 cm³/mol. The van der Waals surface area contributed by atoms with Gasteiger partial charge < -0.3 is 19.0 Å². The summed E-state index contributed by atoms with van der Waals surface area (Å²) in [6, 6.07) is 5.80. The number of nitrogens with zero attached hydrogens (tertiary/aromatic N) is 1. The summed E-state index contributed by atoms with van der Waals surface area (Å²) in [7, 11) is 1.49. The number of hydrogen-bond donors (Lipinski definition) is 0. The summed E-state index contributed by atoms with van der Waals surface area (Å²) in [4.78, 5) is 7.04. The zero-order valence-electron chi connectivity index (χ0n) is 9.01. The summed E-state index contributed by atoms with van der Waals surface area (Å²) >= 11 is 0. The molecule has 1 aromatic rings. The fourth-order valence-electron chi connectivity index (χ4n) is 1.97. The number of benzene rings is 1. The van der Waals surface area contributed by atoms with E-state index in [9.17, 15) is 0 Å². The normalized spacial score (nSPS) is 19.4. The second-order valence-electron chi connectivity index (χ2n) is 3.66. The summed E-state index contributed by atoms with van der Waals surface area (Å²) < 4.78 is 16.2. The molecule has 3 rings (SSSR count). The molecule has 2 heterocycles. The minimum absolute atomic E-state index is 0.153. The maximum Gasteiger partial charge on any atom is 0.443 e. The lowest BCUT2D eigenvalue weighted by Gasteiger charge is -2.16. The van der Waals surface area contributed by atoms with Gasteiger partial charge in [0.2, 0.25) is 6.79 Å². The summed E-state index contributed by atoms with van der Waals surface area (Å²) in [5.74, 6) is 1.55. The summed E-state index contributed by atoms with van der Waals surface area (Å²) in [6.45, 7) is 1.74. The lowest BCUT2D eigenvalue weighted by molar-refractivity contribution is -0.0454. The summed E-state index contributed by atoms with van der Waals surface area (Å²) in [5.41, 5.74) is 1.02. The first-order valence-electron chi connectivity index (χ1n) is 5.20. The van der Waals surface area contributed by atoms with E-state index in [1.165, 1.54) is 0 Å². The molecular weight excluding hydrogens is 209 g/mol. The third-order valence-corrected chi connectivity index (χ3v) is 2.77. The topological polar surface area (TPSA) is 40.2 Å². The van der Waals surface area contributed by atoms with Crippen molar-refractivity contribution in [3.63, 3.8) is 0 Å². The molecule has 6 heteroatoms. The van der Waals surface area contributed by atoms with E-state index in [0.29, 0.717) is 6.61 Å². The van der Waals surface area contributed by atoms with E-state index in [1.807, 2.05) is 18.2 Å². The largest absolute Gasteiger partial charge is 0.454 e. The van der Waals surface area contributed by atoms with Crippen molar-refractivity contribution in [2.24, 2.45) is 0 Å². The van der Waals surface area contributed by atoms with Gasteiger partial charge in [0.1, 0.15) is 0 Å². The van der Waals surface area contributed by atoms with Crippen LogP contribution in [-0.4, -0.2) is 39.1 Å². The third-order valence-electron chi connectivity index (χ3n) is 2.77. The van der Waals surface area contributed by atoms with Crippen LogP contribution in [0.15, 0.2) is 18.2 Å². The zero-order valence-corrected chi connectivity index (χ0v) is 9.01. The molecule has 0 spiro atoms. The minimum Gasteiger partial charge on any atom is -0.454 e. The van der Waals surface area contributed by atoms with Crippen LogP contribution in [0.5, 0.6) is 11.5 Å². The van der Waals surface area contributed by atoms with Crippen LogP contribution >= 0.6 is 0 Å². The Labute approximate surface area is 93.9 Å². The molecule has 1 saturated heterocycles. The van der Waals surface area contributed by atoms with Crippen LogP contribution in [0.2, 0.25) is 0 Å². The molecule has 0 amide bonds. The van der Waals surface area contributed by atoms with E-state index in [4.69, 9.17) is 19.0 Å². The Morgan fingerprint density at radius 3 is 3.06 bits per heavy atom. The maximum atomic E-state index is 5.61. The quantitative estimate of drug-likeness (QED) is 0.657. The van der Waals surface area contributed by atoms with Crippen molar-refractivity contribution in [3.05, 3.63) is 18.2 Å². The average molecular weight is 221 g/mol. The van der Waals surface area contributed by atoms with Crippen molar-refractivity contribution in [2.75, 3.05) is 27.1 Å². The van der Waals surface area contributed by atoms with E-state index < -0.39 is 0 Å². The predicted octanol–water partition coefficient (Wildman–Crippen LogP) is 0.00410. The van der Waals surface area contributed by atoms with Crippen LogP contribution in [-0.2, 0) is 9.49 Å². The van der Waals surface area contributed by atoms with Crippen molar-refractivity contribution < 1.29 is 19.0 Å². The fourth-order valence-corrected chi connectivity index (χ4v) is 1.97. The molecule has 0 N–H and O–H groups in total. The number of hydroxylamine groups is 1. The maximum absolute atomic E-state index is 5.61. The lowest BCUT2D eigenvalue weighted by atomic mass is 9.74. The first kappa shape index (κ1) is 9.95. The third kappa shape index (κ3) is 1.55. The van der Waals surface area contributed by atoms with Crippen molar-refractivity contribution in [3.8, 4) is 11.5 Å². The SMILES string of the molecule is CON1CCOB1c1ccc2c(c1)OCO2. The van der Waals surface area contributed by atoms with E-state index in [1.54, 1.807) is 12.1 Å². The second-order valence-corrected chi connectivity index (χ2v) is 3.66. The molecule has 1 fully saturated rings. The Hall–Kier alpha value is -1.24. The monoisotopic (exact) mass is 221 g/mol. The van der Waals surface area contributed by atoms with Crippen LogP contribution < -0.4 is 14.9 Å². The highest BCUT2D eigenvalue weighted by Gasteiger charge is 2.34. The second kappa shape index (κ2) is 3.97. The van der Waals surface area contributed by atoms with Gasteiger partial charge in [-0.05, 0) is 17.6 Å². The Bertz CT molecular complexity index is 400. The van der Waals surface area contributed by atoms with Gasteiger partial charge in [-0.3, -0.25) is 0 Å². The molecule has 2 aliphatic rings. The zero-order chi connectivity index (χ0) is 11.0. The van der Waals surface area contributed by atoms with Crippen LogP contribution in [0.25, 0.3) is 0 Å². The molecular formula is C10H12BNO4. The van der Waals surface area contributed by atoms with Crippen LogP contribution in [0.1, 0.15) is 0 Å². The molecule has 0 radical (unpaired) electrons. The Morgan fingerprint density at radius 2 is 2.19 bits per heavy atom. The first-order chi connectivity index (χ1) is 7.88. The van der Waals surface area contributed by atoms with Crippen LogP contribution in [0, 0.1) is 0 Å². The Morgan fingerprint density at radius 1 is 1.31 bits per heavy atom. The molecule has 0 atom stereocenters. The number of fused-ring (bicyclic) bond motifs is 1. The Balaban J connectivity index is 1.89. The van der Waals surface area contributed by atoms with Gasteiger partial charge in [-0.25, -0.2) is 0 Å². The van der Waals surface area contributed by atoms with Crippen molar-refractivity contribution in [2.45, 2.75) is 0 Å². The van der Waals surface area contributed by atoms with E-state index in [-0.39, 0.29) is 13.8 Å². The van der Waals surface area contributed by atoms with Gasteiger partial charge in [0.25, 0.3) is 0 Å². The van der Waals surface area contributed by atoms with Gasteiger partial charge in [0.15, 0.2) is 11.5 Å². The molecule has 84 valence electrons. The molecule has 16 heavy (non-hydrogen) atoms. The number of hydrogen-bond acceptors (Lipinski definition) is 5. The van der Waals surface area contributed by atoms with E-state index in [2.05, 4.69) is 0 Å². The highest BCUT2D eigenvalue weighted by Crippen LogP contribution is 2.30. The lowest BCUT2D eigenvalue weighted by Crippen LogP contribution is -2.44. The smallest absolute Gasteiger partial charge is 0.443 e. The molecule has 0 aliphatic carbocycles. The summed E-state index contributed by atoms with van der Waals surface area (Å²) in [6.07, 6.45) is 0. The van der Waals surface area contributed by atoms with Gasteiger partial charge in [-0.1, -0.05) is 6.07 Å². The molecule has 0 bridgehead atoms. The molecule has 2 aliphatic heterocycles. The molecule has 1 aromatic carbocycles. The van der Waals surface area contributed by atoms with Gasteiger partial charge in [-0.2, -0.15) is 4.97 Å². The highest BCUT2D eigenvalue weighted by molar-refractivity contribution is 6.65. The van der Waals surface area contributed by atoms with Gasteiger partial charge >= 0.3 is 7.05 Å². The molecule has 0 unspecified atom stereocenters. The van der Waals surface area contributed by atoms with Crippen molar-refractivity contribution >= 4 is 12.5 Å². The molecule has 0 saturated carbocycles. The van der Waals surface area contributed by atoms with Crippen molar-refractivity contribution in [1.29, 1.82) is 0 Å². The van der Waals surface area contributed by atoms with E-state index >= 15 is 0 Å². The molecule has 0 aromatic heterocycles. The fraction of sp³-hybridized carbons (Fsp3) is 0.400. The van der Waals surface area contributed by atoms with Crippen molar-refractivity contribution in [1.82, 2.24) is 4.97 Å². The average Bonchev–Trinajstić information content (AvgIpc) is 2.96. The highest BCUT2D eigenvalue weighted by atomic mass is 16.7. The van der Waals surface area contributed by atoms with Crippen LogP contribution in [0.4, 0.5) is 0 Å². The number of ether oxygens (including phenoxy) is 2. The van der Waals surface area contributed by atoms with Gasteiger partial charge in [0.05, 0.1) is 7.11 Å². The van der Waals surface area contributed by atoms with E-state index in [0.717, 1.165) is 23.5 Å². The summed E-state index contributed by atoms with van der Waals surface area (Å²) in [5, 5.41) is 0. The van der Waals surface area contributed by atoms with Gasteiger partial charge in [0, 0.05) is 13.2 Å². The minimum atomic E-state index is -0.153. The van der Waals surface area contributed by atoms with Crippen LogP contribution in [0.3, 0.4) is 0 Å². The first-order valence-corrected chi connectivity index (χ1v) is 5.20. The molecule has 5 nitrogen and oxygen atoms in total. The Kier molecular flexibility index (Phi) is 2.47.